The fraction of sp³-hybridized carbons (Fsp3) is 1.00. The van der Waals surface area contributed by atoms with Gasteiger partial charge in [-0.15, -0.1) is 12.4 Å². The van der Waals surface area contributed by atoms with Crippen LogP contribution in [0.2, 0.25) is 0 Å². The first-order chi connectivity index (χ1) is 2.56. The van der Waals surface area contributed by atoms with E-state index < -0.39 is 8.20 Å². The van der Waals surface area contributed by atoms with Crippen LogP contribution in [0.1, 0.15) is 6.92 Å². The van der Waals surface area contributed by atoms with Crippen LogP contribution < -0.4 is 0 Å². The Morgan fingerprint density at radius 1 is 1.57 bits per heavy atom. The molecule has 0 heterocycles. The average molecular weight is 157 g/mol. The van der Waals surface area contributed by atoms with Crippen molar-refractivity contribution in [1.29, 1.82) is 0 Å². The molecule has 0 aromatic rings. The summed E-state index contributed by atoms with van der Waals surface area (Å²) in [5.41, 5.74) is 0. The van der Waals surface area contributed by atoms with Crippen molar-refractivity contribution in [3.8, 4) is 0 Å². The molecule has 0 unspecified atom stereocenters. The van der Waals surface area contributed by atoms with Gasteiger partial charge in [0.1, 0.15) is 0 Å². The van der Waals surface area contributed by atoms with Gasteiger partial charge in [-0.1, -0.05) is 6.92 Å². The van der Waals surface area contributed by atoms with Gasteiger partial charge in [-0.05, 0) is 0 Å². The Balaban J connectivity index is 0. The Morgan fingerprint density at radius 2 is 1.71 bits per heavy atom. The molecule has 0 rings (SSSR count). The number of rotatable bonds is 1. The van der Waals surface area contributed by atoms with E-state index in [1.54, 1.807) is 22.1 Å². The summed E-state index contributed by atoms with van der Waals surface area (Å²) in [6.07, 6.45) is 0. The van der Waals surface area contributed by atoms with Crippen LogP contribution in [-0.4, -0.2) is 29.3 Å². The molecule has 0 aromatic heterocycles. The molecule has 0 spiro atoms. The van der Waals surface area contributed by atoms with Gasteiger partial charge in [0, 0.05) is 14.0 Å². The van der Waals surface area contributed by atoms with Gasteiger partial charge in [0.05, 0.1) is 0 Å². The Morgan fingerprint density at radius 3 is 1.71 bits per heavy atom. The normalized spacial score (nSPS) is 9.86. The molecule has 0 saturated carbocycles. The zero-order chi connectivity index (χ0) is 5.21. The van der Waals surface area contributed by atoms with E-state index in [9.17, 15) is 8.42 Å². The Kier molecular flexibility index (Phi) is 5.71. The number of hydrogen-bond donors (Lipinski definition) is 0. The quantitative estimate of drug-likeness (QED) is 0.498. The van der Waals surface area contributed by atoms with E-state index in [-0.39, 0.29) is 18.2 Å². The van der Waals surface area contributed by atoms with Gasteiger partial charge < -0.3 is 0 Å². The standard InChI is InChI=1S/C2H5O2S.Al.ClH/c1-2-5(3)4;;/h2H2,1H3;;1H. The van der Waals surface area contributed by atoms with Gasteiger partial charge in [-0.25, -0.2) is 0 Å². The Bertz CT molecular complexity index is 118. The lowest BCUT2D eigenvalue weighted by Gasteiger charge is -1.83. The zero-order valence-corrected chi connectivity index (χ0v) is 6.71. The maximum absolute atomic E-state index is 9.96. The monoisotopic (exact) mass is 156 g/mol. The second-order valence-electron chi connectivity index (χ2n) is 0.952. The first-order valence-electron chi connectivity index (χ1n) is 1.56. The van der Waals surface area contributed by atoms with Crippen molar-refractivity contribution < 1.29 is 8.42 Å². The lowest BCUT2D eigenvalue weighted by atomic mass is 11.0. The summed E-state index contributed by atoms with van der Waals surface area (Å²) in [6.45, 7) is 1.60. The van der Waals surface area contributed by atoms with E-state index in [1.165, 1.54) is 0 Å². The van der Waals surface area contributed by atoms with E-state index in [0.29, 0.717) is 0 Å². The van der Waals surface area contributed by atoms with Gasteiger partial charge in [-0.3, -0.25) is 8.42 Å². The molecule has 7 heavy (non-hydrogen) atoms. The molecule has 0 atom stereocenters. The second-order valence-corrected chi connectivity index (χ2v) is 5.01. The molecule has 0 aromatic carbocycles. The molecule has 5 heteroatoms. The van der Waals surface area contributed by atoms with E-state index >= 15 is 0 Å². The summed E-state index contributed by atoms with van der Waals surface area (Å²) in [5, 5.41) is 0. The molecule has 0 saturated heterocycles. The van der Waals surface area contributed by atoms with Crippen molar-refractivity contribution in [2.24, 2.45) is 0 Å². The highest BCUT2D eigenvalue weighted by Crippen LogP contribution is 1.73. The molecular formula is C2H6AlClO2S. The van der Waals surface area contributed by atoms with Crippen molar-refractivity contribution >= 4 is 35.8 Å². The van der Waals surface area contributed by atoms with Crippen molar-refractivity contribution in [3.63, 3.8) is 0 Å². The number of hydrogen-bond acceptors (Lipinski definition) is 2. The van der Waals surface area contributed by atoms with Crippen LogP contribution in [0.25, 0.3) is 0 Å². The summed E-state index contributed by atoms with van der Waals surface area (Å²) < 4.78 is 19.9. The minimum atomic E-state index is -2.75. The van der Waals surface area contributed by atoms with Gasteiger partial charge in [-0.2, -0.15) is 0 Å². The van der Waals surface area contributed by atoms with E-state index in [1.807, 2.05) is 0 Å². The minimum absolute atomic E-state index is 0. The van der Waals surface area contributed by atoms with Crippen LogP contribution in [0.15, 0.2) is 0 Å². The molecule has 0 aliphatic carbocycles. The number of halogens is 1. The third-order valence-electron chi connectivity index (χ3n) is 0.402. The third kappa shape index (κ3) is 10.8. The van der Waals surface area contributed by atoms with Crippen molar-refractivity contribution in [2.75, 3.05) is 5.75 Å². The second kappa shape index (κ2) is 3.74. The van der Waals surface area contributed by atoms with Gasteiger partial charge in [0.2, 0.25) is 0 Å². The van der Waals surface area contributed by atoms with E-state index in [2.05, 4.69) is 0 Å². The largest absolute Gasteiger partial charge is 0.349 e. The van der Waals surface area contributed by atoms with Crippen molar-refractivity contribution in [1.82, 2.24) is 0 Å². The highest BCUT2D eigenvalue weighted by Gasteiger charge is 1.89. The van der Waals surface area contributed by atoms with Crippen LogP contribution in [0, 0.1) is 0 Å². The van der Waals surface area contributed by atoms with Gasteiger partial charge in [0.15, 0.2) is 0 Å². The smallest absolute Gasteiger partial charge is 0.255 e. The molecule has 0 aliphatic rings. The van der Waals surface area contributed by atoms with Crippen LogP contribution in [0.5, 0.6) is 0 Å². The van der Waals surface area contributed by atoms with Crippen molar-refractivity contribution in [3.05, 3.63) is 0 Å². The van der Waals surface area contributed by atoms with Crippen LogP contribution in [0.3, 0.4) is 0 Å². The minimum Gasteiger partial charge on any atom is -0.255 e. The molecular weight excluding hydrogens is 151 g/mol. The molecule has 0 N–H and O–H groups in total. The van der Waals surface area contributed by atoms with Gasteiger partial charge >= 0.3 is 15.2 Å². The molecule has 2 radical (unpaired) electrons. The summed E-state index contributed by atoms with van der Waals surface area (Å²) in [6, 6.07) is 0. The zero-order valence-electron chi connectivity index (χ0n) is 3.92. The van der Waals surface area contributed by atoms with Crippen LogP contribution >= 0.6 is 12.4 Å². The molecule has 42 valence electrons. The lowest BCUT2D eigenvalue weighted by Crippen LogP contribution is -1.99. The summed E-state index contributed by atoms with van der Waals surface area (Å²) >= 11 is 1.76. The van der Waals surface area contributed by atoms with E-state index in [4.69, 9.17) is 0 Å². The Labute approximate surface area is 57.1 Å². The first-order valence-corrected chi connectivity index (χ1v) is 4.69. The molecule has 0 amide bonds. The fourth-order valence-electron chi connectivity index (χ4n) is 0. The molecule has 0 fully saturated rings. The average Bonchev–Trinajstić information content (AvgIpc) is 1.35. The molecule has 0 bridgehead atoms. The maximum atomic E-state index is 9.96. The SMILES string of the molecule is CC[S](=O)(=O)[Al].Cl. The summed E-state index contributed by atoms with van der Waals surface area (Å²) in [5.74, 6) is 0.206. The van der Waals surface area contributed by atoms with Crippen LogP contribution in [0.4, 0.5) is 0 Å². The highest BCUT2D eigenvalue weighted by atomic mass is 35.5. The van der Waals surface area contributed by atoms with E-state index in [0.717, 1.165) is 0 Å². The first kappa shape index (κ1) is 10.7. The van der Waals surface area contributed by atoms with Crippen LogP contribution in [-0.2, 0) is 8.20 Å². The molecule has 2 nitrogen and oxygen atoms in total. The lowest BCUT2D eigenvalue weighted by molar-refractivity contribution is 0.610. The maximum Gasteiger partial charge on any atom is 0.349 e. The van der Waals surface area contributed by atoms with Crippen molar-refractivity contribution in [2.45, 2.75) is 6.92 Å². The third-order valence-corrected chi connectivity index (χ3v) is 2.21. The highest BCUT2D eigenvalue weighted by molar-refractivity contribution is 8.12. The predicted octanol–water partition coefficient (Wildman–Crippen LogP) is -0.0736. The molecule has 0 aliphatic heterocycles. The Hall–Kier alpha value is 0.772. The fourth-order valence-corrected chi connectivity index (χ4v) is 0. The summed E-state index contributed by atoms with van der Waals surface area (Å²) in [4.78, 5) is 0. The summed E-state index contributed by atoms with van der Waals surface area (Å²) in [7, 11) is -2.75. The predicted molar refractivity (Wildman–Crippen MR) is 32.5 cm³/mol. The van der Waals surface area contributed by atoms with Gasteiger partial charge in [0.25, 0.3) is 0 Å². The topological polar surface area (TPSA) is 34.1 Å².